The fourth-order valence-electron chi connectivity index (χ4n) is 1.99. The summed E-state index contributed by atoms with van der Waals surface area (Å²) in [7, 11) is 0. The van der Waals surface area contributed by atoms with Gasteiger partial charge in [0.05, 0.1) is 11.7 Å². The summed E-state index contributed by atoms with van der Waals surface area (Å²) in [5, 5.41) is 11.7. The van der Waals surface area contributed by atoms with Crippen LogP contribution in [0.25, 0.3) is 0 Å². The molecule has 1 N–H and O–H groups in total. The number of hydrogen-bond donors (Lipinski definition) is 1. The van der Waals surface area contributed by atoms with Crippen LogP contribution in [0.3, 0.4) is 0 Å². The molecule has 0 aliphatic carbocycles. The van der Waals surface area contributed by atoms with E-state index in [1.807, 2.05) is 38.2 Å². The minimum Gasteiger partial charge on any atom is -0.459 e. The first-order valence-corrected chi connectivity index (χ1v) is 7.54. The topological polar surface area (TPSA) is 75.9 Å². The van der Waals surface area contributed by atoms with Gasteiger partial charge in [0.15, 0.2) is 18.6 Å². The zero-order valence-electron chi connectivity index (χ0n) is 13.7. The molecular formula is C17H21N3O4+2. The number of pyridine rings is 2. The van der Waals surface area contributed by atoms with Crippen molar-refractivity contribution in [2.24, 2.45) is 5.16 Å². The summed E-state index contributed by atoms with van der Waals surface area (Å²) in [5.74, 6) is -0.342. The Kier molecular flexibility index (Phi) is 6.39. The van der Waals surface area contributed by atoms with Crippen molar-refractivity contribution >= 4 is 12.2 Å². The molecule has 2 aromatic rings. The van der Waals surface area contributed by atoms with E-state index >= 15 is 0 Å². The van der Waals surface area contributed by atoms with Crippen molar-refractivity contribution in [1.29, 1.82) is 0 Å². The molecule has 0 saturated heterocycles. The third-order valence-electron chi connectivity index (χ3n) is 3.11. The molecule has 0 radical (unpaired) electrons. The lowest BCUT2D eigenvalue weighted by molar-refractivity contribution is -0.788. The summed E-state index contributed by atoms with van der Waals surface area (Å²) in [5.41, 5.74) is 1.22. The van der Waals surface area contributed by atoms with Gasteiger partial charge in [-0.3, -0.25) is 4.74 Å². The van der Waals surface area contributed by atoms with Crippen molar-refractivity contribution in [2.75, 3.05) is 0 Å². The molecule has 2 aromatic heterocycles. The van der Waals surface area contributed by atoms with Gasteiger partial charge in [-0.25, -0.2) is 4.79 Å². The Morgan fingerprint density at radius 3 is 2.62 bits per heavy atom. The van der Waals surface area contributed by atoms with Crippen molar-refractivity contribution in [3.05, 3.63) is 60.2 Å². The number of carbonyl (C=O) groups excluding carboxylic acids is 1. The predicted molar refractivity (Wildman–Crippen MR) is 84.3 cm³/mol. The molecule has 0 fully saturated rings. The van der Waals surface area contributed by atoms with Crippen molar-refractivity contribution in [3.63, 3.8) is 0 Å². The van der Waals surface area contributed by atoms with E-state index in [-0.39, 0.29) is 12.1 Å². The molecule has 0 aromatic carbocycles. The quantitative estimate of drug-likeness (QED) is 0.272. The maximum absolute atomic E-state index is 11.8. The molecule has 0 unspecified atom stereocenters. The monoisotopic (exact) mass is 331 g/mol. The van der Waals surface area contributed by atoms with E-state index < -0.39 is 0 Å². The SMILES string of the molecule is CC(C)OC(=O)c1cc[n+](COC[n+]2ccccc2C=NO)cc1. The van der Waals surface area contributed by atoms with E-state index in [4.69, 9.17) is 14.7 Å². The van der Waals surface area contributed by atoms with Crippen LogP contribution in [0.1, 0.15) is 29.9 Å². The van der Waals surface area contributed by atoms with Crippen molar-refractivity contribution < 1.29 is 28.6 Å². The largest absolute Gasteiger partial charge is 0.459 e. The van der Waals surface area contributed by atoms with E-state index in [0.29, 0.717) is 19.0 Å². The van der Waals surface area contributed by atoms with Gasteiger partial charge in [0.2, 0.25) is 5.69 Å². The molecule has 7 nitrogen and oxygen atoms in total. The molecule has 2 rings (SSSR count). The van der Waals surface area contributed by atoms with Crippen LogP contribution in [0.4, 0.5) is 0 Å². The Hall–Kier alpha value is -2.80. The van der Waals surface area contributed by atoms with Crippen LogP contribution in [0.5, 0.6) is 0 Å². The first-order valence-electron chi connectivity index (χ1n) is 7.54. The zero-order chi connectivity index (χ0) is 17.4. The van der Waals surface area contributed by atoms with Gasteiger partial charge in [0.25, 0.3) is 13.5 Å². The number of hydrogen-bond acceptors (Lipinski definition) is 5. The van der Waals surface area contributed by atoms with Crippen LogP contribution >= 0.6 is 0 Å². The highest BCUT2D eigenvalue weighted by molar-refractivity contribution is 5.89. The zero-order valence-corrected chi connectivity index (χ0v) is 13.7. The number of rotatable bonds is 7. The summed E-state index contributed by atoms with van der Waals surface area (Å²) in [6.07, 6.45) is 6.52. The summed E-state index contributed by atoms with van der Waals surface area (Å²) in [4.78, 5) is 11.8. The van der Waals surface area contributed by atoms with Gasteiger partial charge in [-0.15, -0.1) is 0 Å². The van der Waals surface area contributed by atoms with Gasteiger partial charge in [-0.1, -0.05) is 5.16 Å². The second-order valence-electron chi connectivity index (χ2n) is 5.36. The van der Waals surface area contributed by atoms with Crippen LogP contribution in [0.15, 0.2) is 54.1 Å². The van der Waals surface area contributed by atoms with Crippen molar-refractivity contribution in [2.45, 2.75) is 33.4 Å². The minimum absolute atomic E-state index is 0.146. The fraction of sp³-hybridized carbons (Fsp3) is 0.294. The lowest BCUT2D eigenvalue weighted by Crippen LogP contribution is -2.42. The first-order chi connectivity index (χ1) is 11.6. The third-order valence-corrected chi connectivity index (χ3v) is 3.11. The number of oxime groups is 1. The van der Waals surface area contributed by atoms with Crippen LogP contribution in [0.2, 0.25) is 0 Å². The Labute approximate surface area is 140 Å². The first kappa shape index (κ1) is 17.6. The molecule has 2 heterocycles. The van der Waals surface area contributed by atoms with Crippen molar-refractivity contribution in [1.82, 2.24) is 0 Å². The average Bonchev–Trinajstić information content (AvgIpc) is 2.56. The number of nitrogens with zero attached hydrogens (tertiary/aromatic N) is 3. The Bertz CT molecular complexity index is 699. The van der Waals surface area contributed by atoms with E-state index in [0.717, 1.165) is 5.69 Å². The smallest absolute Gasteiger partial charge is 0.338 e. The number of carbonyl (C=O) groups is 1. The van der Waals surface area contributed by atoms with E-state index in [1.165, 1.54) is 6.21 Å². The van der Waals surface area contributed by atoms with Gasteiger partial charge >= 0.3 is 5.97 Å². The number of ether oxygens (including phenoxy) is 2. The average molecular weight is 331 g/mol. The highest BCUT2D eigenvalue weighted by Crippen LogP contribution is 2.01. The maximum atomic E-state index is 11.8. The van der Waals surface area contributed by atoms with Gasteiger partial charge in [0.1, 0.15) is 6.21 Å². The molecule has 126 valence electrons. The van der Waals surface area contributed by atoms with Crippen LogP contribution in [-0.4, -0.2) is 23.5 Å². The Balaban J connectivity index is 1.90. The van der Waals surface area contributed by atoms with Crippen LogP contribution in [0, 0.1) is 0 Å². The molecule has 7 heteroatoms. The van der Waals surface area contributed by atoms with Gasteiger partial charge < -0.3 is 9.94 Å². The lowest BCUT2D eigenvalue weighted by atomic mass is 10.3. The number of esters is 1. The fourth-order valence-corrected chi connectivity index (χ4v) is 1.99. The molecule has 24 heavy (non-hydrogen) atoms. The molecule has 0 aliphatic rings. The summed E-state index contributed by atoms with van der Waals surface area (Å²) in [6.45, 7) is 4.24. The van der Waals surface area contributed by atoms with Gasteiger partial charge in [-0.05, 0) is 19.9 Å². The van der Waals surface area contributed by atoms with Crippen LogP contribution in [-0.2, 0) is 22.9 Å². The maximum Gasteiger partial charge on any atom is 0.338 e. The molecule has 0 bridgehead atoms. The minimum atomic E-state index is -0.342. The summed E-state index contributed by atoms with van der Waals surface area (Å²) >= 11 is 0. The Morgan fingerprint density at radius 1 is 1.21 bits per heavy atom. The van der Waals surface area contributed by atoms with Crippen LogP contribution < -0.4 is 9.13 Å². The van der Waals surface area contributed by atoms with Crippen molar-refractivity contribution in [3.8, 4) is 0 Å². The molecule has 0 atom stereocenters. The molecule has 0 aliphatic heterocycles. The lowest BCUT2D eigenvalue weighted by Gasteiger charge is -2.06. The van der Waals surface area contributed by atoms with Gasteiger partial charge in [0, 0.05) is 24.3 Å². The summed E-state index contributed by atoms with van der Waals surface area (Å²) in [6, 6.07) is 8.89. The second kappa shape index (κ2) is 8.73. The highest BCUT2D eigenvalue weighted by atomic mass is 16.5. The Morgan fingerprint density at radius 2 is 1.96 bits per heavy atom. The summed E-state index contributed by atoms with van der Waals surface area (Å²) < 4.78 is 14.4. The third kappa shape index (κ3) is 5.13. The number of aromatic nitrogens is 2. The highest BCUT2D eigenvalue weighted by Gasteiger charge is 2.12. The molecule has 0 amide bonds. The van der Waals surface area contributed by atoms with E-state index in [2.05, 4.69) is 5.16 Å². The predicted octanol–water partition coefficient (Wildman–Crippen LogP) is 1.27. The van der Waals surface area contributed by atoms with E-state index in [1.54, 1.807) is 33.7 Å². The molecule has 0 saturated carbocycles. The van der Waals surface area contributed by atoms with Gasteiger partial charge in [-0.2, -0.15) is 9.13 Å². The standard InChI is InChI=1S/C17H20N3O4/c1-14(2)24-17(21)15-6-9-19(10-7-15)12-23-13-20-8-4-3-5-16(20)11-18-22/h3-11,14H,12-13H2,1-2H3/q+1/p+1. The molecular weight excluding hydrogens is 310 g/mol. The second-order valence-corrected chi connectivity index (χ2v) is 5.36. The van der Waals surface area contributed by atoms with E-state index in [9.17, 15) is 4.79 Å². The normalized spacial score (nSPS) is 11.1. The molecule has 0 spiro atoms.